The van der Waals surface area contributed by atoms with Crippen LogP contribution in [0.15, 0.2) is 36.5 Å². The van der Waals surface area contributed by atoms with E-state index in [0.29, 0.717) is 11.5 Å². The van der Waals surface area contributed by atoms with Crippen LogP contribution in [0.3, 0.4) is 0 Å². The molecule has 3 aromatic rings. The van der Waals surface area contributed by atoms with Crippen molar-refractivity contribution in [2.75, 3.05) is 0 Å². The first-order valence-corrected chi connectivity index (χ1v) is 7.53. The van der Waals surface area contributed by atoms with Crippen LogP contribution in [-0.2, 0) is 0 Å². The molecule has 0 aliphatic rings. The highest BCUT2D eigenvalue weighted by molar-refractivity contribution is 5.64. The molecule has 0 amide bonds. The summed E-state index contributed by atoms with van der Waals surface area (Å²) in [7, 11) is 0. The van der Waals surface area contributed by atoms with Gasteiger partial charge in [0, 0.05) is 11.8 Å². The van der Waals surface area contributed by atoms with Gasteiger partial charge in [-0.1, -0.05) is 0 Å². The molecule has 2 aromatic carbocycles. The van der Waals surface area contributed by atoms with Gasteiger partial charge in [0.05, 0.1) is 11.4 Å². The van der Waals surface area contributed by atoms with Gasteiger partial charge < -0.3 is 10.2 Å². The maximum atomic E-state index is 9.90. The molecule has 0 radical (unpaired) electrons. The molecule has 4 heteroatoms. The van der Waals surface area contributed by atoms with Gasteiger partial charge in [0.15, 0.2) is 0 Å². The molecule has 4 nitrogen and oxygen atoms in total. The van der Waals surface area contributed by atoms with Crippen molar-refractivity contribution in [3.8, 4) is 28.4 Å². The van der Waals surface area contributed by atoms with Crippen LogP contribution < -0.4 is 0 Å². The van der Waals surface area contributed by atoms with Gasteiger partial charge in [-0.15, -0.1) is 0 Å². The number of phenols is 2. The van der Waals surface area contributed by atoms with Crippen LogP contribution in [0.1, 0.15) is 22.3 Å². The van der Waals surface area contributed by atoms with Crippen molar-refractivity contribution in [3.63, 3.8) is 0 Å². The second-order valence-corrected chi connectivity index (χ2v) is 6.03. The topological polar surface area (TPSA) is 58.3 Å². The van der Waals surface area contributed by atoms with E-state index in [4.69, 9.17) is 0 Å². The molecule has 2 N–H and O–H groups in total. The van der Waals surface area contributed by atoms with Gasteiger partial charge in [-0.2, -0.15) is 5.10 Å². The second-order valence-electron chi connectivity index (χ2n) is 6.03. The van der Waals surface area contributed by atoms with E-state index in [2.05, 4.69) is 5.10 Å². The van der Waals surface area contributed by atoms with Crippen LogP contribution in [0, 0.1) is 27.7 Å². The molecule has 1 heterocycles. The lowest BCUT2D eigenvalue weighted by molar-refractivity contribution is 0.466. The van der Waals surface area contributed by atoms with E-state index in [0.717, 1.165) is 39.2 Å². The van der Waals surface area contributed by atoms with Gasteiger partial charge in [-0.05, 0) is 80.3 Å². The van der Waals surface area contributed by atoms with E-state index >= 15 is 0 Å². The molecule has 0 spiro atoms. The lowest BCUT2D eigenvalue weighted by Gasteiger charge is -2.08. The number of hydrogen-bond donors (Lipinski definition) is 2. The maximum Gasteiger partial charge on any atom is 0.121 e. The minimum absolute atomic E-state index is 0.325. The first kappa shape index (κ1) is 15.2. The van der Waals surface area contributed by atoms with E-state index in [1.165, 1.54) is 0 Å². The smallest absolute Gasteiger partial charge is 0.121 e. The lowest BCUT2D eigenvalue weighted by atomic mass is 10.0. The summed E-state index contributed by atoms with van der Waals surface area (Å²) in [5.74, 6) is 0.656. The number of rotatable bonds is 2. The molecule has 0 saturated heterocycles. The van der Waals surface area contributed by atoms with Crippen LogP contribution in [-0.4, -0.2) is 20.0 Å². The van der Waals surface area contributed by atoms with E-state index in [1.807, 2.05) is 64.2 Å². The Morgan fingerprint density at radius 2 is 1.26 bits per heavy atom. The van der Waals surface area contributed by atoms with Crippen LogP contribution in [0.4, 0.5) is 0 Å². The van der Waals surface area contributed by atoms with Crippen molar-refractivity contribution >= 4 is 0 Å². The average Bonchev–Trinajstić information content (AvgIpc) is 2.99. The summed E-state index contributed by atoms with van der Waals surface area (Å²) in [6.07, 6.45) is 1.90. The number of aromatic hydroxyl groups is 2. The number of aromatic nitrogens is 2. The highest BCUT2D eigenvalue weighted by atomic mass is 16.3. The molecule has 0 aliphatic heterocycles. The first-order chi connectivity index (χ1) is 10.9. The van der Waals surface area contributed by atoms with E-state index in [-0.39, 0.29) is 0 Å². The van der Waals surface area contributed by atoms with Crippen LogP contribution >= 0.6 is 0 Å². The molecule has 0 saturated carbocycles. The Balaban J connectivity index is 2.04. The van der Waals surface area contributed by atoms with E-state index in [1.54, 1.807) is 4.68 Å². The third-order valence-electron chi connectivity index (χ3n) is 4.12. The predicted octanol–water partition coefficient (Wildman–Crippen LogP) is 4.18. The summed E-state index contributed by atoms with van der Waals surface area (Å²) in [5, 5.41) is 24.4. The number of nitrogens with zero attached hydrogens (tertiary/aromatic N) is 2. The highest BCUT2D eigenvalue weighted by Crippen LogP contribution is 2.29. The number of hydrogen-bond acceptors (Lipinski definition) is 3. The minimum Gasteiger partial charge on any atom is -0.507 e. The van der Waals surface area contributed by atoms with Crippen molar-refractivity contribution in [1.29, 1.82) is 0 Å². The van der Waals surface area contributed by atoms with Crippen molar-refractivity contribution in [3.05, 3.63) is 58.8 Å². The average molecular weight is 308 g/mol. The molecule has 0 fully saturated rings. The van der Waals surface area contributed by atoms with Crippen molar-refractivity contribution in [2.45, 2.75) is 27.7 Å². The third-order valence-corrected chi connectivity index (χ3v) is 4.12. The number of phenolic OH excluding ortho intramolecular Hbond substituents is 2. The summed E-state index contributed by atoms with van der Waals surface area (Å²) in [5.41, 5.74) is 6.07. The summed E-state index contributed by atoms with van der Waals surface area (Å²) in [4.78, 5) is 0. The van der Waals surface area contributed by atoms with Gasteiger partial charge in [-0.25, -0.2) is 4.68 Å². The maximum absolute atomic E-state index is 9.90. The molecule has 118 valence electrons. The Morgan fingerprint density at radius 3 is 1.78 bits per heavy atom. The Morgan fingerprint density at radius 1 is 0.783 bits per heavy atom. The van der Waals surface area contributed by atoms with Gasteiger partial charge in [0.25, 0.3) is 0 Å². The molecule has 23 heavy (non-hydrogen) atoms. The molecule has 0 bridgehead atoms. The molecular formula is C19H20N2O2. The van der Waals surface area contributed by atoms with Gasteiger partial charge in [-0.3, -0.25) is 0 Å². The van der Waals surface area contributed by atoms with Gasteiger partial charge in [0.1, 0.15) is 11.5 Å². The fourth-order valence-electron chi connectivity index (χ4n) is 2.79. The van der Waals surface area contributed by atoms with Gasteiger partial charge >= 0.3 is 0 Å². The Bertz CT molecular complexity index is 776. The largest absolute Gasteiger partial charge is 0.507 e. The van der Waals surface area contributed by atoms with E-state index < -0.39 is 0 Å². The lowest BCUT2D eigenvalue weighted by Crippen LogP contribution is -1.97. The number of benzene rings is 2. The van der Waals surface area contributed by atoms with Crippen LogP contribution in [0.25, 0.3) is 16.9 Å². The zero-order valence-corrected chi connectivity index (χ0v) is 13.8. The second kappa shape index (κ2) is 5.47. The van der Waals surface area contributed by atoms with Crippen molar-refractivity contribution in [1.82, 2.24) is 9.78 Å². The minimum atomic E-state index is 0.325. The Hall–Kier alpha value is -2.75. The SMILES string of the molecule is Cc1cc(-c2ccn(-c3cc(C)c(O)c(C)c3)n2)cc(C)c1O. The molecule has 0 unspecified atom stereocenters. The molecular weight excluding hydrogens is 288 g/mol. The molecule has 0 aliphatic carbocycles. The van der Waals surface area contributed by atoms with Crippen molar-refractivity contribution < 1.29 is 10.2 Å². The van der Waals surface area contributed by atoms with Crippen LogP contribution in [0.2, 0.25) is 0 Å². The molecule has 0 atom stereocenters. The zero-order valence-electron chi connectivity index (χ0n) is 13.8. The standard InChI is InChI=1S/C19H20N2O2/c1-11-7-15(8-12(2)18(11)22)17-5-6-21(20-17)16-9-13(3)19(23)14(4)10-16/h5-10,22-23H,1-4H3. The summed E-state index contributed by atoms with van der Waals surface area (Å²) < 4.78 is 1.80. The zero-order chi connectivity index (χ0) is 16.7. The highest BCUT2D eigenvalue weighted by Gasteiger charge is 2.10. The summed E-state index contributed by atoms with van der Waals surface area (Å²) in [6, 6.07) is 9.63. The fraction of sp³-hybridized carbons (Fsp3) is 0.211. The quantitative estimate of drug-likeness (QED) is 0.746. The van der Waals surface area contributed by atoms with Crippen molar-refractivity contribution in [2.24, 2.45) is 0 Å². The Kier molecular flexibility index (Phi) is 3.60. The summed E-state index contributed by atoms with van der Waals surface area (Å²) >= 11 is 0. The number of aryl methyl sites for hydroxylation is 4. The van der Waals surface area contributed by atoms with E-state index in [9.17, 15) is 10.2 Å². The Labute approximate surface area is 135 Å². The molecule has 3 rings (SSSR count). The molecule has 1 aromatic heterocycles. The third kappa shape index (κ3) is 2.68. The summed E-state index contributed by atoms with van der Waals surface area (Å²) in [6.45, 7) is 7.52. The fourth-order valence-corrected chi connectivity index (χ4v) is 2.79. The monoisotopic (exact) mass is 308 g/mol. The van der Waals surface area contributed by atoms with Gasteiger partial charge in [0.2, 0.25) is 0 Å². The normalized spacial score (nSPS) is 11.0. The van der Waals surface area contributed by atoms with Crippen LogP contribution in [0.5, 0.6) is 11.5 Å². The predicted molar refractivity (Wildman–Crippen MR) is 91.3 cm³/mol. The first-order valence-electron chi connectivity index (χ1n) is 7.53.